The topological polar surface area (TPSA) is 131 Å². The van der Waals surface area contributed by atoms with E-state index in [1.807, 2.05) is 0 Å². The van der Waals surface area contributed by atoms with Crippen molar-refractivity contribution in [3.63, 3.8) is 0 Å². The number of carbonyl (C=O) groups excluding carboxylic acids is 1. The maximum absolute atomic E-state index is 12.7. The highest BCUT2D eigenvalue weighted by Gasteiger charge is 2.28. The molecule has 31 heavy (non-hydrogen) atoms. The summed E-state index contributed by atoms with van der Waals surface area (Å²) < 4.78 is 58.6. The summed E-state index contributed by atoms with van der Waals surface area (Å²) in [6.45, 7) is 3.59. The lowest BCUT2D eigenvalue weighted by Gasteiger charge is -2.22. The van der Waals surface area contributed by atoms with E-state index in [-0.39, 0.29) is 22.3 Å². The molecule has 2 rings (SSSR count). The van der Waals surface area contributed by atoms with Gasteiger partial charge in [0.1, 0.15) is 11.8 Å². The van der Waals surface area contributed by atoms with Gasteiger partial charge in [0.25, 0.3) is 0 Å². The average molecular weight is 470 g/mol. The van der Waals surface area contributed by atoms with Crippen molar-refractivity contribution < 1.29 is 26.4 Å². The molecule has 0 saturated carbocycles. The molecule has 0 unspecified atom stereocenters. The van der Waals surface area contributed by atoms with Gasteiger partial charge in [-0.2, -0.15) is 4.72 Å². The van der Waals surface area contributed by atoms with Crippen LogP contribution in [0.4, 0.5) is 0 Å². The number of amides is 1. The van der Waals surface area contributed by atoms with Gasteiger partial charge in [-0.25, -0.2) is 21.6 Å². The number of benzene rings is 2. The highest BCUT2D eigenvalue weighted by atomic mass is 32.2. The van der Waals surface area contributed by atoms with Crippen LogP contribution in [0.3, 0.4) is 0 Å². The van der Waals surface area contributed by atoms with Crippen molar-refractivity contribution >= 4 is 26.0 Å². The molecule has 0 saturated heterocycles. The third kappa shape index (κ3) is 6.50. The number of hydrogen-bond acceptors (Lipinski definition) is 6. The summed E-state index contributed by atoms with van der Waals surface area (Å²) >= 11 is 0. The van der Waals surface area contributed by atoms with Crippen LogP contribution in [0, 0.1) is 5.92 Å². The van der Waals surface area contributed by atoms with E-state index in [2.05, 4.69) is 14.8 Å². The quantitative estimate of drug-likeness (QED) is 0.480. The number of carbonyl (C=O) groups is 1. The van der Waals surface area contributed by atoms with Crippen LogP contribution in [0.2, 0.25) is 0 Å². The predicted octanol–water partition coefficient (Wildman–Crippen LogP) is 1.22. The zero-order chi connectivity index (χ0) is 23.2. The van der Waals surface area contributed by atoms with Crippen LogP contribution in [-0.2, 0) is 31.4 Å². The van der Waals surface area contributed by atoms with Crippen LogP contribution in [0.15, 0.2) is 58.3 Å². The third-order valence-electron chi connectivity index (χ3n) is 4.57. The van der Waals surface area contributed by atoms with Gasteiger partial charge in [-0.15, -0.1) is 0 Å². The van der Waals surface area contributed by atoms with Crippen molar-refractivity contribution in [3.05, 3.63) is 54.1 Å². The predicted molar refractivity (Wildman–Crippen MR) is 116 cm³/mol. The van der Waals surface area contributed by atoms with Crippen molar-refractivity contribution in [2.24, 2.45) is 5.92 Å². The van der Waals surface area contributed by atoms with Crippen LogP contribution in [0.5, 0.6) is 5.75 Å². The summed E-state index contributed by atoms with van der Waals surface area (Å²) in [5, 5.41) is 2.69. The van der Waals surface area contributed by atoms with Crippen LogP contribution >= 0.6 is 0 Å². The Morgan fingerprint density at radius 1 is 0.903 bits per heavy atom. The maximum Gasteiger partial charge on any atom is 0.241 e. The van der Waals surface area contributed by atoms with E-state index in [0.717, 1.165) is 0 Å². The minimum absolute atomic E-state index is 0.0214. The summed E-state index contributed by atoms with van der Waals surface area (Å²) in [4.78, 5) is 12.8. The van der Waals surface area contributed by atoms with Crippen molar-refractivity contribution in [1.82, 2.24) is 14.8 Å². The van der Waals surface area contributed by atoms with E-state index in [4.69, 9.17) is 4.74 Å². The molecule has 0 aliphatic carbocycles. The Morgan fingerprint density at radius 3 is 1.90 bits per heavy atom. The van der Waals surface area contributed by atoms with Crippen LogP contribution in [0.1, 0.15) is 19.4 Å². The molecule has 0 aliphatic heterocycles. The van der Waals surface area contributed by atoms with Crippen LogP contribution < -0.4 is 19.5 Å². The van der Waals surface area contributed by atoms with E-state index < -0.39 is 32.0 Å². The summed E-state index contributed by atoms with van der Waals surface area (Å²) in [6.07, 6.45) is 0. The minimum atomic E-state index is -3.92. The Bertz CT molecular complexity index is 1100. The second-order valence-corrected chi connectivity index (χ2v) is 10.7. The van der Waals surface area contributed by atoms with E-state index >= 15 is 0 Å². The Labute approximate surface area is 183 Å². The van der Waals surface area contributed by atoms with E-state index in [0.29, 0.717) is 11.3 Å². The van der Waals surface area contributed by atoms with Crippen LogP contribution in [0.25, 0.3) is 0 Å². The highest BCUT2D eigenvalue weighted by Crippen LogP contribution is 2.17. The molecule has 0 bridgehead atoms. The van der Waals surface area contributed by atoms with Gasteiger partial charge in [0, 0.05) is 6.54 Å². The monoisotopic (exact) mass is 469 g/mol. The largest absolute Gasteiger partial charge is 0.497 e. The SMILES string of the molecule is CNS(=O)(=O)c1ccc(CNC(=O)[C@@H](NS(=O)(=O)c2ccc(OC)cc2)C(C)C)cc1. The van der Waals surface area contributed by atoms with E-state index in [1.54, 1.807) is 26.0 Å². The van der Waals surface area contributed by atoms with Gasteiger partial charge in [0.2, 0.25) is 26.0 Å². The molecule has 0 fully saturated rings. The number of ether oxygens (including phenoxy) is 1. The van der Waals surface area contributed by atoms with Crippen molar-refractivity contribution in [2.75, 3.05) is 14.2 Å². The van der Waals surface area contributed by atoms with Gasteiger partial charge < -0.3 is 10.1 Å². The second-order valence-electron chi connectivity index (χ2n) is 7.09. The Kier molecular flexibility index (Phi) is 8.18. The average Bonchev–Trinajstić information content (AvgIpc) is 2.76. The molecule has 1 atom stereocenters. The first-order valence-electron chi connectivity index (χ1n) is 9.46. The molecule has 2 aromatic rings. The lowest BCUT2D eigenvalue weighted by molar-refractivity contribution is -0.123. The lowest BCUT2D eigenvalue weighted by atomic mass is 10.0. The normalized spacial score (nSPS) is 13.1. The number of methoxy groups -OCH3 is 1. The minimum Gasteiger partial charge on any atom is -0.497 e. The van der Waals surface area contributed by atoms with Gasteiger partial charge in [-0.05, 0) is 54.9 Å². The van der Waals surface area contributed by atoms with Gasteiger partial charge in [-0.3, -0.25) is 4.79 Å². The molecule has 0 aliphatic rings. The molecule has 3 N–H and O–H groups in total. The molecule has 0 heterocycles. The van der Waals surface area contributed by atoms with Gasteiger partial charge >= 0.3 is 0 Å². The third-order valence-corrected chi connectivity index (χ3v) is 7.46. The Hall–Kier alpha value is -2.47. The molecule has 9 nitrogen and oxygen atoms in total. The molecule has 11 heteroatoms. The fourth-order valence-corrected chi connectivity index (χ4v) is 4.76. The fraction of sp³-hybridized carbons (Fsp3) is 0.350. The van der Waals surface area contributed by atoms with E-state index in [9.17, 15) is 21.6 Å². The molecular formula is C20H27N3O6S2. The Morgan fingerprint density at radius 2 is 1.42 bits per heavy atom. The molecule has 0 radical (unpaired) electrons. The summed E-state index contributed by atoms with van der Waals surface area (Å²) in [6, 6.07) is 10.9. The lowest BCUT2D eigenvalue weighted by Crippen LogP contribution is -2.49. The summed E-state index contributed by atoms with van der Waals surface area (Å²) in [7, 11) is -4.66. The number of rotatable bonds is 10. The summed E-state index contributed by atoms with van der Waals surface area (Å²) in [5.74, 6) is -0.277. The van der Waals surface area contributed by atoms with E-state index in [1.165, 1.54) is 50.6 Å². The summed E-state index contributed by atoms with van der Waals surface area (Å²) in [5.41, 5.74) is 0.670. The van der Waals surface area contributed by atoms with Gasteiger partial charge in [0.05, 0.1) is 16.9 Å². The molecule has 0 aromatic heterocycles. The second kappa shape index (κ2) is 10.2. The molecular weight excluding hydrogens is 442 g/mol. The first-order valence-corrected chi connectivity index (χ1v) is 12.4. The highest BCUT2D eigenvalue weighted by molar-refractivity contribution is 7.89. The van der Waals surface area contributed by atoms with Crippen molar-refractivity contribution in [3.8, 4) is 5.75 Å². The van der Waals surface area contributed by atoms with Crippen molar-refractivity contribution in [2.45, 2.75) is 36.2 Å². The molecule has 2 aromatic carbocycles. The molecule has 1 amide bonds. The molecule has 170 valence electrons. The molecule has 0 spiro atoms. The number of hydrogen-bond donors (Lipinski definition) is 3. The van der Waals surface area contributed by atoms with Crippen LogP contribution in [-0.4, -0.2) is 42.9 Å². The number of nitrogens with one attached hydrogen (secondary N) is 3. The Balaban J connectivity index is 2.08. The zero-order valence-corrected chi connectivity index (χ0v) is 19.4. The first-order chi connectivity index (χ1) is 14.5. The first kappa shape index (κ1) is 24.8. The number of sulfonamides is 2. The standard InChI is InChI=1S/C20H27N3O6S2/c1-14(2)19(23-31(27,28)18-11-7-16(29-4)8-12-18)20(24)22-13-15-5-9-17(10-6-15)30(25,26)21-3/h5-12,14,19,21,23H,13H2,1-4H3,(H,22,24)/t19-/m0/s1. The van der Waals surface area contributed by atoms with Crippen molar-refractivity contribution in [1.29, 1.82) is 0 Å². The zero-order valence-electron chi connectivity index (χ0n) is 17.7. The van der Waals surface area contributed by atoms with Gasteiger partial charge in [-0.1, -0.05) is 26.0 Å². The fourth-order valence-electron chi connectivity index (χ4n) is 2.69. The maximum atomic E-state index is 12.7. The van der Waals surface area contributed by atoms with Gasteiger partial charge in [0.15, 0.2) is 0 Å². The smallest absolute Gasteiger partial charge is 0.241 e.